The molecule has 2 fully saturated rings. The summed E-state index contributed by atoms with van der Waals surface area (Å²) < 4.78 is 0. The van der Waals surface area contributed by atoms with Crippen molar-refractivity contribution in [1.29, 1.82) is 0 Å². The molecule has 1 aromatic carbocycles. The maximum Gasteiger partial charge on any atom is 0.222 e. The summed E-state index contributed by atoms with van der Waals surface area (Å²) in [7, 11) is 4.43. The van der Waals surface area contributed by atoms with Gasteiger partial charge in [0.25, 0.3) is 0 Å². The average Bonchev–Trinajstić information content (AvgIpc) is 3.18. The minimum absolute atomic E-state index is 0.130. The van der Waals surface area contributed by atoms with Crippen molar-refractivity contribution in [2.45, 2.75) is 50.5 Å². The highest BCUT2D eigenvalue weighted by molar-refractivity contribution is 5.76. The molecule has 0 atom stereocenters. The summed E-state index contributed by atoms with van der Waals surface area (Å²) in [6, 6.07) is 15.0. The molecule has 2 heterocycles. The summed E-state index contributed by atoms with van der Waals surface area (Å²) in [5.74, 6) is 0.311. The molecule has 4 rings (SSSR count). The molecule has 1 aromatic heterocycles. The van der Waals surface area contributed by atoms with Crippen molar-refractivity contribution in [2.24, 2.45) is 5.41 Å². The van der Waals surface area contributed by atoms with E-state index in [9.17, 15) is 4.79 Å². The zero-order valence-electron chi connectivity index (χ0n) is 17.8. The largest absolute Gasteiger partial charge is 0.342 e. The van der Waals surface area contributed by atoms with E-state index >= 15 is 0 Å². The fraction of sp³-hybridized carbons (Fsp3) is 0.520. The number of aromatic nitrogens is 1. The van der Waals surface area contributed by atoms with E-state index in [1.807, 2.05) is 12.1 Å². The summed E-state index contributed by atoms with van der Waals surface area (Å²) in [5.41, 5.74) is 3.08. The van der Waals surface area contributed by atoms with Crippen LogP contribution in [-0.2, 0) is 16.8 Å². The molecular weight excluding hydrogens is 358 g/mol. The SMILES string of the molecule is CN(C)[C@]1(c2ccccc2)CC[C@]2(CCN(C(=O)CCc3ccncc3)C2)CC1. The molecule has 1 amide bonds. The molecule has 0 N–H and O–H groups in total. The number of likely N-dealkylation sites (tertiary alicyclic amines) is 1. The van der Waals surface area contributed by atoms with Crippen molar-refractivity contribution in [3.63, 3.8) is 0 Å². The Labute approximate surface area is 174 Å². The number of pyridine rings is 1. The molecule has 1 saturated carbocycles. The van der Waals surface area contributed by atoms with E-state index in [1.54, 1.807) is 12.4 Å². The topological polar surface area (TPSA) is 36.4 Å². The summed E-state index contributed by atoms with van der Waals surface area (Å²) in [5, 5.41) is 0. The molecule has 0 radical (unpaired) electrons. The maximum absolute atomic E-state index is 12.8. The Bertz CT molecular complexity index is 810. The Morgan fingerprint density at radius 3 is 2.34 bits per heavy atom. The van der Waals surface area contributed by atoms with E-state index in [2.05, 4.69) is 59.2 Å². The van der Waals surface area contributed by atoms with Gasteiger partial charge >= 0.3 is 0 Å². The van der Waals surface area contributed by atoms with Crippen LogP contribution in [0.1, 0.15) is 49.7 Å². The van der Waals surface area contributed by atoms with Crippen LogP contribution in [0.5, 0.6) is 0 Å². The molecule has 154 valence electrons. The van der Waals surface area contributed by atoms with Crippen molar-refractivity contribution in [1.82, 2.24) is 14.8 Å². The van der Waals surface area contributed by atoms with Crippen LogP contribution in [0.15, 0.2) is 54.9 Å². The first kappa shape index (κ1) is 20.1. The molecule has 29 heavy (non-hydrogen) atoms. The Hall–Kier alpha value is -2.20. The average molecular weight is 392 g/mol. The van der Waals surface area contributed by atoms with E-state index in [1.165, 1.54) is 36.8 Å². The van der Waals surface area contributed by atoms with Gasteiger partial charge in [-0.3, -0.25) is 14.7 Å². The monoisotopic (exact) mass is 391 g/mol. The van der Waals surface area contributed by atoms with Crippen LogP contribution >= 0.6 is 0 Å². The number of hydrogen-bond donors (Lipinski definition) is 0. The van der Waals surface area contributed by atoms with Crippen LogP contribution in [0, 0.1) is 5.41 Å². The van der Waals surface area contributed by atoms with Gasteiger partial charge in [0.15, 0.2) is 0 Å². The predicted molar refractivity (Wildman–Crippen MR) is 116 cm³/mol. The number of nitrogens with zero attached hydrogens (tertiary/aromatic N) is 3. The second-order valence-corrected chi connectivity index (χ2v) is 9.21. The second kappa shape index (κ2) is 8.27. The van der Waals surface area contributed by atoms with Crippen LogP contribution in [0.25, 0.3) is 0 Å². The zero-order valence-corrected chi connectivity index (χ0v) is 17.8. The van der Waals surface area contributed by atoms with E-state index in [-0.39, 0.29) is 5.54 Å². The number of hydrogen-bond acceptors (Lipinski definition) is 3. The zero-order chi connectivity index (χ0) is 20.3. The lowest BCUT2D eigenvalue weighted by atomic mass is 9.64. The molecule has 1 aliphatic carbocycles. The lowest BCUT2D eigenvalue weighted by molar-refractivity contribution is -0.130. The molecule has 0 unspecified atom stereocenters. The highest BCUT2D eigenvalue weighted by atomic mass is 16.2. The minimum atomic E-state index is 0.130. The van der Waals surface area contributed by atoms with Gasteiger partial charge in [0.1, 0.15) is 0 Å². The summed E-state index contributed by atoms with van der Waals surface area (Å²) in [6.45, 7) is 1.87. The summed E-state index contributed by atoms with van der Waals surface area (Å²) >= 11 is 0. The van der Waals surface area contributed by atoms with Crippen LogP contribution in [0.4, 0.5) is 0 Å². The normalized spacial score (nSPS) is 26.9. The molecule has 4 heteroatoms. The Morgan fingerprint density at radius 2 is 1.69 bits per heavy atom. The van der Waals surface area contributed by atoms with E-state index in [4.69, 9.17) is 0 Å². The van der Waals surface area contributed by atoms with Gasteiger partial charge in [-0.15, -0.1) is 0 Å². The van der Waals surface area contributed by atoms with Crippen molar-refractivity contribution < 1.29 is 4.79 Å². The molecule has 4 nitrogen and oxygen atoms in total. The third kappa shape index (κ3) is 4.09. The lowest BCUT2D eigenvalue weighted by Gasteiger charge is -2.49. The van der Waals surface area contributed by atoms with Crippen molar-refractivity contribution in [3.05, 3.63) is 66.0 Å². The first-order valence-electron chi connectivity index (χ1n) is 10.9. The van der Waals surface area contributed by atoms with Gasteiger partial charge in [-0.05, 0) is 81.3 Å². The van der Waals surface area contributed by atoms with E-state index in [0.717, 1.165) is 25.9 Å². The summed E-state index contributed by atoms with van der Waals surface area (Å²) in [6.07, 6.45) is 10.9. The molecule has 2 aromatic rings. The number of carbonyl (C=O) groups excluding carboxylic acids is 1. The molecular formula is C25H33N3O. The highest BCUT2D eigenvalue weighted by Gasteiger charge is 2.48. The Morgan fingerprint density at radius 1 is 1.00 bits per heavy atom. The predicted octanol–water partition coefficient (Wildman–Crippen LogP) is 4.26. The molecule has 1 saturated heterocycles. The Kier molecular flexibility index (Phi) is 5.73. The smallest absolute Gasteiger partial charge is 0.222 e. The van der Waals surface area contributed by atoms with Crippen LogP contribution in [0.3, 0.4) is 0 Å². The van der Waals surface area contributed by atoms with Crippen molar-refractivity contribution in [2.75, 3.05) is 27.2 Å². The first-order chi connectivity index (χ1) is 14.0. The molecule has 1 aliphatic heterocycles. The van der Waals surface area contributed by atoms with Gasteiger partial charge in [0, 0.05) is 37.4 Å². The molecule has 0 bridgehead atoms. The van der Waals surface area contributed by atoms with Crippen molar-refractivity contribution in [3.8, 4) is 0 Å². The highest BCUT2D eigenvalue weighted by Crippen LogP contribution is 2.51. The standard InChI is InChI=1S/C25H33N3O/c1-27(2)25(22-6-4-3-5-7-22)14-12-24(13-15-25)16-19-28(20-24)23(29)9-8-21-10-17-26-18-11-21/h3-7,10-11,17-18H,8-9,12-16,19-20H2,1-2H3/t24-,25-. The third-order valence-corrected chi connectivity index (χ3v) is 7.47. The van der Waals surface area contributed by atoms with Gasteiger partial charge in [-0.1, -0.05) is 30.3 Å². The first-order valence-corrected chi connectivity index (χ1v) is 10.9. The third-order valence-electron chi connectivity index (χ3n) is 7.47. The maximum atomic E-state index is 12.8. The number of carbonyl (C=O) groups is 1. The minimum Gasteiger partial charge on any atom is -0.342 e. The Balaban J connectivity index is 1.37. The van der Waals surface area contributed by atoms with Gasteiger partial charge in [0.05, 0.1) is 0 Å². The van der Waals surface area contributed by atoms with Crippen LogP contribution in [0.2, 0.25) is 0 Å². The second-order valence-electron chi connectivity index (χ2n) is 9.21. The molecule has 1 spiro atoms. The van der Waals surface area contributed by atoms with Crippen LogP contribution < -0.4 is 0 Å². The van der Waals surface area contributed by atoms with Gasteiger partial charge in [-0.2, -0.15) is 0 Å². The lowest BCUT2D eigenvalue weighted by Crippen LogP contribution is -2.47. The summed E-state index contributed by atoms with van der Waals surface area (Å²) in [4.78, 5) is 21.4. The number of rotatable bonds is 5. The number of aryl methyl sites for hydroxylation is 1. The fourth-order valence-electron chi connectivity index (χ4n) is 5.45. The molecule has 2 aliphatic rings. The van der Waals surface area contributed by atoms with Gasteiger partial charge in [0.2, 0.25) is 5.91 Å². The van der Waals surface area contributed by atoms with Crippen molar-refractivity contribution >= 4 is 5.91 Å². The van der Waals surface area contributed by atoms with Gasteiger partial charge in [-0.25, -0.2) is 0 Å². The van der Waals surface area contributed by atoms with E-state index in [0.29, 0.717) is 17.7 Å². The number of benzene rings is 1. The quantitative estimate of drug-likeness (QED) is 0.764. The van der Waals surface area contributed by atoms with Gasteiger partial charge < -0.3 is 4.90 Å². The van der Waals surface area contributed by atoms with Crippen LogP contribution in [-0.4, -0.2) is 47.9 Å². The van der Waals surface area contributed by atoms with E-state index < -0.39 is 0 Å². The number of amides is 1. The fourth-order valence-corrected chi connectivity index (χ4v) is 5.45.